The van der Waals surface area contributed by atoms with E-state index in [1.807, 2.05) is 13.0 Å². The summed E-state index contributed by atoms with van der Waals surface area (Å²) in [5.74, 6) is -0.0149. The number of ether oxygens (including phenoxy) is 3. The molecular formula is C17H18INO6S. The lowest BCUT2D eigenvalue weighted by molar-refractivity contribution is -0.148. The first-order valence-corrected chi connectivity index (χ1v) is 9.58. The number of nitrogens with zero attached hydrogens (tertiary/aromatic N) is 1. The first kappa shape index (κ1) is 20.6. The number of carbonyl (C=O) groups is 3. The van der Waals surface area contributed by atoms with Gasteiger partial charge in [0.1, 0.15) is 6.04 Å². The van der Waals surface area contributed by atoms with Crippen molar-refractivity contribution in [3.05, 3.63) is 26.2 Å². The average molecular weight is 491 g/mol. The van der Waals surface area contributed by atoms with E-state index < -0.39 is 23.2 Å². The van der Waals surface area contributed by atoms with Crippen LogP contribution in [0.4, 0.5) is 4.79 Å². The van der Waals surface area contributed by atoms with E-state index in [4.69, 9.17) is 9.47 Å². The number of hydrogen-bond donors (Lipinski definition) is 0. The summed E-state index contributed by atoms with van der Waals surface area (Å²) in [6, 6.07) is 2.57. The molecule has 1 heterocycles. The quantitative estimate of drug-likeness (QED) is 0.343. The van der Waals surface area contributed by atoms with Gasteiger partial charge in [0, 0.05) is 0 Å². The number of rotatable bonds is 6. The summed E-state index contributed by atoms with van der Waals surface area (Å²) in [4.78, 5) is 37.5. The third-order valence-corrected chi connectivity index (χ3v) is 5.28. The molecule has 1 atom stereocenters. The number of thioether (sulfide) groups is 1. The summed E-state index contributed by atoms with van der Waals surface area (Å²) in [6.45, 7) is 3.83. The molecule has 7 nitrogen and oxygen atoms in total. The van der Waals surface area contributed by atoms with Gasteiger partial charge in [-0.15, -0.1) is 0 Å². The number of methoxy groups -OCH3 is 2. The van der Waals surface area contributed by atoms with Crippen LogP contribution in [0.5, 0.6) is 11.5 Å². The maximum absolute atomic E-state index is 12.5. The van der Waals surface area contributed by atoms with Crippen molar-refractivity contribution in [1.82, 2.24) is 4.90 Å². The van der Waals surface area contributed by atoms with Crippen molar-refractivity contribution in [1.29, 1.82) is 0 Å². The molecule has 1 aliphatic rings. The van der Waals surface area contributed by atoms with Gasteiger partial charge in [0.25, 0.3) is 11.1 Å². The number of imide groups is 1. The summed E-state index contributed by atoms with van der Waals surface area (Å²) >= 11 is 2.90. The second-order valence-corrected chi connectivity index (χ2v) is 7.37. The molecule has 0 aliphatic carbocycles. The lowest BCUT2D eigenvalue weighted by atomic mass is 10.1. The standard InChI is InChI=1S/C17H18INO6S/c1-5-25-14-11(18)6-10(7-12(14)23-3)8-13-15(20)19(17(22)26-13)9(2)16(21)24-4/h6-9H,5H2,1-4H3/b13-8-/t9-/m0/s1. The molecule has 0 spiro atoms. The maximum atomic E-state index is 12.5. The van der Waals surface area contributed by atoms with E-state index in [0.717, 1.165) is 20.2 Å². The van der Waals surface area contributed by atoms with Crippen LogP contribution in [0, 0.1) is 3.57 Å². The fourth-order valence-corrected chi connectivity index (χ4v) is 4.04. The molecule has 2 rings (SSSR count). The SMILES string of the molecule is CCOc1c(I)cc(/C=C2\SC(=O)N([C@@H](C)C(=O)OC)C2=O)cc1OC. The zero-order chi connectivity index (χ0) is 19.4. The van der Waals surface area contributed by atoms with E-state index in [2.05, 4.69) is 27.3 Å². The maximum Gasteiger partial charge on any atom is 0.328 e. The lowest BCUT2D eigenvalue weighted by Crippen LogP contribution is -2.42. The molecule has 0 radical (unpaired) electrons. The minimum atomic E-state index is -0.978. The molecule has 0 saturated carbocycles. The number of hydrogen-bond acceptors (Lipinski definition) is 7. The minimum Gasteiger partial charge on any atom is -0.493 e. The van der Waals surface area contributed by atoms with E-state index in [9.17, 15) is 14.4 Å². The Labute approximate surface area is 169 Å². The third-order valence-electron chi connectivity index (χ3n) is 3.59. The van der Waals surface area contributed by atoms with Crippen LogP contribution in [-0.4, -0.2) is 48.9 Å². The second kappa shape index (κ2) is 8.76. The molecule has 1 aromatic carbocycles. The molecule has 0 aromatic heterocycles. The molecule has 2 amide bonds. The lowest BCUT2D eigenvalue weighted by Gasteiger charge is -2.18. The van der Waals surface area contributed by atoms with Crippen LogP contribution < -0.4 is 9.47 Å². The van der Waals surface area contributed by atoms with Gasteiger partial charge in [-0.05, 0) is 72.0 Å². The first-order chi connectivity index (χ1) is 12.3. The minimum absolute atomic E-state index is 0.229. The molecule has 0 N–H and O–H groups in total. The summed E-state index contributed by atoms with van der Waals surface area (Å²) in [5.41, 5.74) is 0.686. The van der Waals surface area contributed by atoms with E-state index >= 15 is 0 Å². The zero-order valence-electron chi connectivity index (χ0n) is 14.7. The number of carbonyl (C=O) groups excluding carboxylic acids is 3. The average Bonchev–Trinajstić information content (AvgIpc) is 2.89. The van der Waals surface area contributed by atoms with Gasteiger partial charge in [-0.3, -0.25) is 14.5 Å². The van der Waals surface area contributed by atoms with E-state index in [0.29, 0.717) is 23.7 Å². The smallest absolute Gasteiger partial charge is 0.328 e. The predicted molar refractivity (Wildman–Crippen MR) is 106 cm³/mol. The van der Waals surface area contributed by atoms with E-state index in [1.54, 1.807) is 12.1 Å². The number of esters is 1. The third kappa shape index (κ3) is 4.14. The molecule has 1 saturated heterocycles. The Morgan fingerprint density at radius 1 is 1.35 bits per heavy atom. The van der Waals surface area contributed by atoms with Gasteiger partial charge in [0.05, 0.1) is 29.3 Å². The van der Waals surface area contributed by atoms with Crippen LogP contribution in [0.3, 0.4) is 0 Å². The van der Waals surface area contributed by atoms with Crippen molar-refractivity contribution in [3.8, 4) is 11.5 Å². The molecule has 1 aromatic rings. The van der Waals surface area contributed by atoms with Crippen molar-refractivity contribution in [3.63, 3.8) is 0 Å². The van der Waals surface area contributed by atoms with Crippen molar-refractivity contribution in [2.75, 3.05) is 20.8 Å². The first-order valence-electron chi connectivity index (χ1n) is 7.69. The molecule has 140 valence electrons. The number of amides is 2. The second-order valence-electron chi connectivity index (χ2n) is 5.22. The van der Waals surface area contributed by atoms with Crippen molar-refractivity contribution >= 4 is 57.5 Å². The largest absolute Gasteiger partial charge is 0.493 e. The molecule has 1 aliphatic heterocycles. The van der Waals surface area contributed by atoms with Crippen molar-refractivity contribution in [2.24, 2.45) is 0 Å². The van der Waals surface area contributed by atoms with Gasteiger partial charge in [0.15, 0.2) is 11.5 Å². The predicted octanol–water partition coefficient (Wildman–Crippen LogP) is 3.30. The Balaban J connectivity index is 2.36. The van der Waals surface area contributed by atoms with E-state index in [-0.39, 0.29) is 4.91 Å². The number of benzene rings is 1. The Hall–Kier alpha value is -1.75. The van der Waals surface area contributed by atoms with Gasteiger partial charge in [-0.1, -0.05) is 0 Å². The monoisotopic (exact) mass is 491 g/mol. The molecule has 9 heteroatoms. The zero-order valence-corrected chi connectivity index (χ0v) is 17.7. The number of halogens is 1. The van der Waals surface area contributed by atoms with Crippen molar-refractivity contribution < 1.29 is 28.6 Å². The highest BCUT2D eigenvalue weighted by Gasteiger charge is 2.41. The molecular weight excluding hydrogens is 473 g/mol. The van der Waals surface area contributed by atoms with Crippen LogP contribution in [0.15, 0.2) is 17.0 Å². The summed E-state index contributed by atoms with van der Waals surface area (Å²) in [6.07, 6.45) is 1.59. The topological polar surface area (TPSA) is 82.1 Å². The highest BCUT2D eigenvalue weighted by Crippen LogP contribution is 2.37. The van der Waals surface area contributed by atoms with Crippen LogP contribution in [-0.2, 0) is 14.3 Å². The molecule has 26 heavy (non-hydrogen) atoms. The summed E-state index contributed by atoms with van der Waals surface area (Å²) in [7, 11) is 2.74. The normalized spacial score (nSPS) is 16.8. The Kier molecular flexibility index (Phi) is 6.93. The Morgan fingerprint density at radius 2 is 2.04 bits per heavy atom. The van der Waals surface area contributed by atoms with Crippen molar-refractivity contribution in [2.45, 2.75) is 19.9 Å². The Morgan fingerprint density at radius 3 is 2.62 bits per heavy atom. The molecule has 1 fully saturated rings. The fraction of sp³-hybridized carbons (Fsp3) is 0.353. The Bertz CT molecular complexity index is 779. The highest BCUT2D eigenvalue weighted by molar-refractivity contribution is 14.1. The van der Waals surface area contributed by atoms with Gasteiger partial charge < -0.3 is 14.2 Å². The van der Waals surface area contributed by atoms with E-state index in [1.165, 1.54) is 21.1 Å². The summed E-state index contributed by atoms with van der Waals surface area (Å²) in [5, 5.41) is -0.508. The van der Waals surface area contributed by atoms with Gasteiger partial charge >= 0.3 is 5.97 Å². The van der Waals surface area contributed by atoms with Crippen LogP contribution in [0.25, 0.3) is 6.08 Å². The van der Waals surface area contributed by atoms with Gasteiger partial charge in [-0.25, -0.2) is 4.79 Å². The fourth-order valence-electron chi connectivity index (χ4n) is 2.35. The van der Waals surface area contributed by atoms with Crippen LogP contribution >= 0.6 is 34.4 Å². The molecule has 0 unspecified atom stereocenters. The highest BCUT2D eigenvalue weighted by atomic mass is 127. The van der Waals surface area contributed by atoms with Crippen LogP contribution in [0.1, 0.15) is 19.4 Å². The molecule has 0 bridgehead atoms. The van der Waals surface area contributed by atoms with Gasteiger partial charge in [-0.2, -0.15) is 0 Å². The van der Waals surface area contributed by atoms with Crippen LogP contribution in [0.2, 0.25) is 0 Å². The summed E-state index contributed by atoms with van der Waals surface area (Å²) < 4.78 is 16.3. The van der Waals surface area contributed by atoms with Gasteiger partial charge in [0.2, 0.25) is 0 Å².